The maximum Gasteiger partial charge on any atom is 0.254 e. The lowest BCUT2D eigenvalue weighted by molar-refractivity contribution is 0.0689. The zero-order valence-corrected chi connectivity index (χ0v) is 13.0. The Morgan fingerprint density at radius 2 is 2.05 bits per heavy atom. The third-order valence-electron chi connectivity index (χ3n) is 5.16. The molecule has 2 fully saturated rings. The molecule has 1 aliphatic heterocycles. The Labute approximate surface area is 127 Å². The molecule has 2 unspecified atom stereocenters. The summed E-state index contributed by atoms with van der Waals surface area (Å²) in [5.41, 5.74) is 2.09. The normalized spacial score (nSPS) is 24.9. The van der Waals surface area contributed by atoms with Gasteiger partial charge in [0.2, 0.25) is 0 Å². The number of fused-ring (bicyclic) bond motifs is 1. The highest BCUT2D eigenvalue weighted by Crippen LogP contribution is 2.37. The average Bonchev–Trinajstić information content (AvgIpc) is 2.96. The average molecular weight is 286 g/mol. The van der Waals surface area contributed by atoms with Gasteiger partial charge < -0.3 is 10.2 Å². The number of carbonyl (C=O) groups excluding carboxylic acids is 1. The van der Waals surface area contributed by atoms with Crippen molar-refractivity contribution in [2.45, 2.75) is 44.6 Å². The first kappa shape index (κ1) is 14.6. The van der Waals surface area contributed by atoms with Crippen LogP contribution in [0.4, 0.5) is 0 Å². The van der Waals surface area contributed by atoms with Gasteiger partial charge in [-0.25, -0.2) is 0 Å². The van der Waals surface area contributed by atoms with Gasteiger partial charge in [0.1, 0.15) is 0 Å². The summed E-state index contributed by atoms with van der Waals surface area (Å²) in [7, 11) is 1.96. The van der Waals surface area contributed by atoms with E-state index in [1.54, 1.807) is 0 Å². The summed E-state index contributed by atoms with van der Waals surface area (Å²) in [5, 5.41) is 3.17. The van der Waals surface area contributed by atoms with Gasteiger partial charge in [-0.05, 0) is 56.8 Å². The molecule has 3 rings (SSSR count). The van der Waals surface area contributed by atoms with Crippen LogP contribution >= 0.6 is 0 Å². The molecule has 1 saturated carbocycles. The van der Waals surface area contributed by atoms with Gasteiger partial charge in [0.05, 0.1) is 0 Å². The van der Waals surface area contributed by atoms with Gasteiger partial charge in [0.25, 0.3) is 5.91 Å². The van der Waals surface area contributed by atoms with Crippen LogP contribution in [0, 0.1) is 5.92 Å². The smallest absolute Gasteiger partial charge is 0.254 e. The summed E-state index contributed by atoms with van der Waals surface area (Å²) in [6.07, 6.45) is 7.27. The summed E-state index contributed by atoms with van der Waals surface area (Å²) in [6.45, 7) is 1.87. The number of likely N-dealkylation sites (tertiary alicyclic amines) is 1. The predicted octanol–water partition coefficient (Wildman–Crippen LogP) is 2.85. The molecule has 1 N–H and O–H groups in total. The van der Waals surface area contributed by atoms with Crippen LogP contribution in [0.5, 0.6) is 0 Å². The van der Waals surface area contributed by atoms with Crippen LogP contribution in [0.1, 0.15) is 48.0 Å². The van der Waals surface area contributed by atoms with Crippen LogP contribution in [0.15, 0.2) is 24.3 Å². The highest BCUT2D eigenvalue weighted by molar-refractivity contribution is 5.96. The fourth-order valence-corrected chi connectivity index (χ4v) is 4.02. The van der Waals surface area contributed by atoms with Crippen molar-refractivity contribution in [2.75, 3.05) is 20.1 Å². The summed E-state index contributed by atoms with van der Waals surface area (Å²) in [6, 6.07) is 8.63. The number of amides is 1. The molecule has 0 radical (unpaired) electrons. The molecule has 2 atom stereocenters. The summed E-state index contributed by atoms with van der Waals surface area (Å²) >= 11 is 0. The molecule has 1 aromatic rings. The van der Waals surface area contributed by atoms with E-state index in [0.29, 0.717) is 6.04 Å². The number of nitrogens with zero attached hydrogens (tertiary/aromatic N) is 1. The van der Waals surface area contributed by atoms with Crippen molar-refractivity contribution in [3.05, 3.63) is 35.4 Å². The molecule has 1 amide bonds. The first-order chi connectivity index (χ1) is 10.3. The van der Waals surface area contributed by atoms with Gasteiger partial charge in [0, 0.05) is 18.2 Å². The van der Waals surface area contributed by atoms with Crippen molar-refractivity contribution in [3.8, 4) is 0 Å². The quantitative estimate of drug-likeness (QED) is 0.923. The molecule has 3 nitrogen and oxygen atoms in total. The Morgan fingerprint density at radius 1 is 1.24 bits per heavy atom. The van der Waals surface area contributed by atoms with E-state index >= 15 is 0 Å². The molecule has 1 heterocycles. The number of likely N-dealkylation sites (N-methyl/N-ethyl adjacent to an activating group) is 1. The number of carbonyl (C=O) groups is 1. The number of hydrogen-bond donors (Lipinski definition) is 1. The number of benzene rings is 1. The highest BCUT2D eigenvalue weighted by atomic mass is 16.2. The van der Waals surface area contributed by atoms with E-state index in [-0.39, 0.29) is 5.91 Å². The Bertz CT molecular complexity index is 500. The van der Waals surface area contributed by atoms with E-state index in [2.05, 4.69) is 16.3 Å². The van der Waals surface area contributed by atoms with Gasteiger partial charge in [0.15, 0.2) is 0 Å². The lowest BCUT2D eigenvalue weighted by Gasteiger charge is -2.32. The van der Waals surface area contributed by atoms with Crippen LogP contribution in [-0.2, 0) is 6.42 Å². The molecule has 1 aliphatic carbocycles. The van der Waals surface area contributed by atoms with E-state index in [0.717, 1.165) is 31.0 Å². The topological polar surface area (TPSA) is 32.3 Å². The number of hydrogen-bond acceptors (Lipinski definition) is 2. The fraction of sp³-hybridized carbons (Fsp3) is 0.611. The lowest BCUT2D eigenvalue weighted by Crippen LogP contribution is -2.39. The molecule has 0 aromatic heterocycles. The van der Waals surface area contributed by atoms with Crippen molar-refractivity contribution in [1.82, 2.24) is 10.2 Å². The second-order valence-electron chi connectivity index (χ2n) is 6.41. The number of nitrogens with one attached hydrogen (secondary N) is 1. The van der Waals surface area contributed by atoms with E-state index in [1.807, 2.05) is 25.2 Å². The van der Waals surface area contributed by atoms with Gasteiger partial charge in [-0.1, -0.05) is 31.0 Å². The zero-order valence-electron chi connectivity index (χ0n) is 13.0. The number of rotatable bonds is 4. The van der Waals surface area contributed by atoms with Crippen LogP contribution in [0.25, 0.3) is 0 Å². The largest absolute Gasteiger partial charge is 0.335 e. The van der Waals surface area contributed by atoms with E-state index in [9.17, 15) is 4.79 Å². The monoisotopic (exact) mass is 286 g/mol. The zero-order chi connectivity index (χ0) is 14.7. The van der Waals surface area contributed by atoms with Crippen LogP contribution in [0.2, 0.25) is 0 Å². The maximum atomic E-state index is 13.0. The fourth-order valence-electron chi connectivity index (χ4n) is 4.02. The molecule has 1 aromatic carbocycles. The minimum Gasteiger partial charge on any atom is -0.335 e. The molecule has 114 valence electrons. The standard InChI is InChI=1S/C18H26N2O/c1-19-12-10-14-6-2-4-8-16(14)18(21)20-13-11-15-7-3-5-9-17(15)20/h2,4,6,8,15,17,19H,3,5,7,9-13H2,1H3. The maximum absolute atomic E-state index is 13.0. The second-order valence-corrected chi connectivity index (χ2v) is 6.41. The Kier molecular flexibility index (Phi) is 4.59. The van der Waals surface area contributed by atoms with Crippen molar-refractivity contribution in [3.63, 3.8) is 0 Å². The lowest BCUT2D eigenvalue weighted by atomic mass is 9.85. The Morgan fingerprint density at radius 3 is 2.90 bits per heavy atom. The SMILES string of the molecule is CNCCc1ccccc1C(=O)N1CCC2CCCCC21. The second kappa shape index (κ2) is 6.61. The molecule has 0 spiro atoms. The minimum absolute atomic E-state index is 0.260. The Hall–Kier alpha value is -1.35. The molecule has 0 bridgehead atoms. The van der Waals surface area contributed by atoms with Crippen molar-refractivity contribution in [2.24, 2.45) is 5.92 Å². The molecular formula is C18H26N2O. The molecular weight excluding hydrogens is 260 g/mol. The third kappa shape index (κ3) is 2.98. The van der Waals surface area contributed by atoms with E-state index < -0.39 is 0 Å². The van der Waals surface area contributed by atoms with Crippen molar-refractivity contribution < 1.29 is 4.79 Å². The molecule has 1 saturated heterocycles. The van der Waals surface area contributed by atoms with Crippen molar-refractivity contribution in [1.29, 1.82) is 0 Å². The molecule has 2 aliphatic rings. The Balaban J connectivity index is 1.78. The van der Waals surface area contributed by atoms with E-state index in [4.69, 9.17) is 0 Å². The van der Waals surface area contributed by atoms with Gasteiger partial charge >= 0.3 is 0 Å². The first-order valence-electron chi connectivity index (χ1n) is 8.34. The highest BCUT2D eigenvalue weighted by Gasteiger charge is 2.38. The summed E-state index contributed by atoms with van der Waals surface area (Å²) < 4.78 is 0. The minimum atomic E-state index is 0.260. The summed E-state index contributed by atoms with van der Waals surface area (Å²) in [4.78, 5) is 15.2. The van der Waals surface area contributed by atoms with Gasteiger partial charge in [-0.15, -0.1) is 0 Å². The van der Waals surface area contributed by atoms with Crippen LogP contribution in [-0.4, -0.2) is 37.0 Å². The third-order valence-corrected chi connectivity index (χ3v) is 5.16. The van der Waals surface area contributed by atoms with Gasteiger partial charge in [-0.2, -0.15) is 0 Å². The summed E-state index contributed by atoms with van der Waals surface area (Å²) in [5.74, 6) is 1.02. The first-order valence-corrected chi connectivity index (χ1v) is 8.34. The van der Waals surface area contributed by atoms with Crippen LogP contribution in [0.3, 0.4) is 0 Å². The molecule has 21 heavy (non-hydrogen) atoms. The predicted molar refractivity (Wildman–Crippen MR) is 85.5 cm³/mol. The van der Waals surface area contributed by atoms with Crippen LogP contribution < -0.4 is 5.32 Å². The molecule has 3 heteroatoms. The van der Waals surface area contributed by atoms with Crippen molar-refractivity contribution >= 4 is 5.91 Å². The van der Waals surface area contributed by atoms with E-state index in [1.165, 1.54) is 37.7 Å². The van der Waals surface area contributed by atoms with Gasteiger partial charge in [-0.3, -0.25) is 4.79 Å².